The van der Waals surface area contributed by atoms with Gasteiger partial charge in [-0.1, -0.05) is 23.2 Å². The van der Waals surface area contributed by atoms with Gasteiger partial charge in [0.25, 0.3) is 0 Å². The van der Waals surface area contributed by atoms with Crippen molar-refractivity contribution in [2.24, 2.45) is 0 Å². The van der Waals surface area contributed by atoms with E-state index in [1.165, 1.54) is 0 Å². The van der Waals surface area contributed by atoms with Crippen LogP contribution in [0.25, 0.3) is 0 Å². The third-order valence-electron chi connectivity index (χ3n) is 1.88. The Kier molecular flexibility index (Phi) is 7.64. The van der Waals surface area contributed by atoms with Crippen molar-refractivity contribution in [3.8, 4) is 0 Å². The van der Waals surface area contributed by atoms with Gasteiger partial charge in [0.05, 0.1) is 6.61 Å². The zero-order valence-electron chi connectivity index (χ0n) is 8.81. The van der Waals surface area contributed by atoms with Gasteiger partial charge in [0.1, 0.15) is 18.3 Å². The molecule has 10 heteroatoms. The maximum atomic E-state index is 11.1. The van der Waals surface area contributed by atoms with Gasteiger partial charge >= 0.3 is 11.9 Å². The van der Waals surface area contributed by atoms with Gasteiger partial charge < -0.3 is 30.3 Å². The van der Waals surface area contributed by atoms with Gasteiger partial charge in [-0.2, -0.15) is 0 Å². The van der Waals surface area contributed by atoms with Crippen LogP contribution in [-0.4, -0.2) is 73.3 Å². The lowest BCUT2D eigenvalue weighted by Crippen LogP contribution is -2.49. The lowest BCUT2D eigenvalue weighted by atomic mass is 10.0. The number of halogens is 2. The van der Waals surface area contributed by atoms with Crippen LogP contribution >= 0.6 is 23.2 Å². The fourth-order valence-corrected chi connectivity index (χ4v) is 0.955. The number of rotatable bonds is 6. The van der Waals surface area contributed by atoms with E-state index in [1.807, 2.05) is 0 Å². The molecule has 0 saturated heterocycles. The monoisotopic (exact) mass is 306 g/mol. The molecular weight excluding hydrogens is 295 g/mol. The normalized spacial score (nSPS) is 18.0. The Morgan fingerprint density at radius 2 is 1.50 bits per heavy atom. The van der Waals surface area contributed by atoms with Crippen molar-refractivity contribution in [3.05, 3.63) is 0 Å². The second-order valence-corrected chi connectivity index (χ2v) is 4.31. The summed E-state index contributed by atoms with van der Waals surface area (Å²) in [6.45, 7) is -0.912. The molecule has 0 amide bonds. The van der Waals surface area contributed by atoms with Crippen LogP contribution in [0.1, 0.15) is 0 Å². The van der Waals surface area contributed by atoms with Crippen molar-refractivity contribution >= 4 is 35.1 Å². The first-order valence-corrected chi connectivity index (χ1v) is 5.46. The van der Waals surface area contributed by atoms with Crippen LogP contribution in [0.3, 0.4) is 0 Å². The zero-order valence-corrected chi connectivity index (χ0v) is 10.3. The summed E-state index contributed by atoms with van der Waals surface area (Å²) >= 11 is 10.1. The van der Waals surface area contributed by atoms with E-state index in [0.29, 0.717) is 0 Å². The number of hydrogen-bond acceptors (Lipinski definition) is 8. The number of carbonyl (C=O) groups is 2. The molecule has 0 fully saturated rings. The predicted molar refractivity (Wildman–Crippen MR) is 57.7 cm³/mol. The quantitative estimate of drug-likeness (QED) is 0.202. The summed E-state index contributed by atoms with van der Waals surface area (Å²) in [5, 5.41) is 45.1. The van der Waals surface area contributed by atoms with E-state index < -0.39 is 47.8 Å². The van der Waals surface area contributed by atoms with E-state index in [9.17, 15) is 24.9 Å². The smallest absolute Gasteiger partial charge is 0.347 e. The number of hydrogen-bond donors (Lipinski definition) is 5. The van der Waals surface area contributed by atoms with Gasteiger partial charge in [-0.05, 0) is 0 Å². The number of carbonyl (C=O) groups excluding carboxylic acids is 2. The van der Waals surface area contributed by atoms with E-state index in [4.69, 9.17) is 33.4 Å². The summed E-state index contributed by atoms with van der Waals surface area (Å²) < 4.78 is 3.95. The summed E-state index contributed by atoms with van der Waals surface area (Å²) in [5.41, 5.74) is 0. The van der Waals surface area contributed by atoms with Gasteiger partial charge in [-0.15, -0.1) is 0 Å². The molecule has 0 saturated carbocycles. The van der Waals surface area contributed by atoms with Crippen LogP contribution in [0.15, 0.2) is 0 Å². The summed E-state index contributed by atoms with van der Waals surface area (Å²) in [5.74, 6) is -2.98. The molecule has 0 aromatic carbocycles. The molecule has 0 aliphatic carbocycles. The summed E-state index contributed by atoms with van der Waals surface area (Å²) in [7, 11) is 0. The summed E-state index contributed by atoms with van der Waals surface area (Å²) in [4.78, 5) is 20.2. The Labute approximate surface area is 111 Å². The topological polar surface area (TPSA) is 145 Å². The van der Waals surface area contributed by atoms with Crippen LogP contribution in [0, 0.1) is 0 Å². The highest BCUT2D eigenvalue weighted by Crippen LogP contribution is 2.09. The molecule has 0 rings (SSSR count). The van der Waals surface area contributed by atoms with Crippen LogP contribution in [0.4, 0.5) is 0 Å². The predicted octanol–water partition coefficient (Wildman–Crippen LogP) is -2.70. The summed E-state index contributed by atoms with van der Waals surface area (Å²) in [6.07, 6.45) is -8.30. The highest BCUT2D eigenvalue weighted by atomic mass is 35.5. The van der Waals surface area contributed by atoms with Crippen molar-refractivity contribution in [1.29, 1.82) is 0 Å². The van der Waals surface area contributed by atoms with Gasteiger partial charge in [-0.3, -0.25) is 0 Å². The SMILES string of the molecule is O=C(OC(=O)[C@H](O)[C@@H](O)[C@H](O)[C@H](O)CO)C(Cl)Cl. The third-order valence-corrected chi connectivity index (χ3v) is 2.23. The Morgan fingerprint density at radius 3 is 1.89 bits per heavy atom. The zero-order chi connectivity index (χ0) is 14.5. The maximum Gasteiger partial charge on any atom is 0.347 e. The molecule has 0 aliphatic heterocycles. The van der Waals surface area contributed by atoms with E-state index in [1.54, 1.807) is 0 Å². The number of aliphatic hydroxyl groups excluding tert-OH is 5. The van der Waals surface area contributed by atoms with Crippen molar-refractivity contribution in [1.82, 2.24) is 0 Å². The van der Waals surface area contributed by atoms with Crippen molar-refractivity contribution in [2.45, 2.75) is 29.3 Å². The fourth-order valence-electron chi connectivity index (χ4n) is 0.866. The molecule has 0 aromatic rings. The Morgan fingerprint density at radius 1 is 1.00 bits per heavy atom. The first kappa shape index (κ1) is 17.5. The molecule has 0 bridgehead atoms. The Bertz CT molecular complexity index is 297. The molecule has 8 nitrogen and oxygen atoms in total. The average molecular weight is 307 g/mol. The largest absolute Gasteiger partial charge is 0.394 e. The van der Waals surface area contributed by atoms with E-state index in [2.05, 4.69) is 4.74 Å². The lowest BCUT2D eigenvalue weighted by Gasteiger charge is -2.24. The third kappa shape index (κ3) is 5.02. The second kappa shape index (κ2) is 7.85. The Hall–Kier alpha value is -0.480. The van der Waals surface area contributed by atoms with Gasteiger partial charge in [0.15, 0.2) is 6.10 Å². The minimum Gasteiger partial charge on any atom is -0.394 e. The van der Waals surface area contributed by atoms with Crippen LogP contribution in [0.2, 0.25) is 0 Å². The lowest BCUT2D eigenvalue weighted by molar-refractivity contribution is -0.176. The van der Waals surface area contributed by atoms with Crippen molar-refractivity contribution in [2.75, 3.05) is 6.61 Å². The number of ether oxygens (including phenoxy) is 1. The molecule has 0 heterocycles. The maximum absolute atomic E-state index is 11.1. The molecule has 0 aromatic heterocycles. The van der Waals surface area contributed by atoms with Gasteiger partial charge in [0.2, 0.25) is 4.84 Å². The Balaban J connectivity index is 4.50. The van der Waals surface area contributed by atoms with Crippen LogP contribution < -0.4 is 0 Å². The standard InChI is InChI=1S/C8H12Cl2O8/c9-6(10)8(17)18-7(16)5(15)4(14)3(13)2(12)1-11/h2-6,11-15H,1H2/t2-,3-,4+,5-/m1/s1. The molecule has 0 unspecified atom stereocenters. The minimum atomic E-state index is -2.32. The van der Waals surface area contributed by atoms with Gasteiger partial charge in [0, 0.05) is 0 Å². The van der Waals surface area contributed by atoms with Crippen LogP contribution in [-0.2, 0) is 14.3 Å². The molecule has 5 N–H and O–H groups in total. The van der Waals surface area contributed by atoms with E-state index >= 15 is 0 Å². The van der Waals surface area contributed by atoms with Gasteiger partial charge in [-0.25, -0.2) is 9.59 Å². The molecule has 0 aliphatic rings. The van der Waals surface area contributed by atoms with Crippen LogP contribution in [0.5, 0.6) is 0 Å². The van der Waals surface area contributed by atoms with E-state index in [-0.39, 0.29) is 0 Å². The molecule has 4 atom stereocenters. The minimum absolute atomic E-state index is 0.912. The van der Waals surface area contributed by atoms with Crippen molar-refractivity contribution in [3.63, 3.8) is 0 Å². The molecular formula is C8H12Cl2O8. The highest BCUT2D eigenvalue weighted by molar-refractivity contribution is 6.53. The molecule has 0 radical (unpaired) electrons. The van der Waals surface area contributed by atoms with E-state index in [0.717, 1.165) is 0 Å². The van der Waals surface area contributed by atoms with Crippen molar-refractivity contribution < 1.29 is 39.9 Å². The molecule has 0 spiro atoms. The fraction of sp³-hybridized carbons (Fsp3) is 0.750. The number of esters is 2. The second-order valence-electron chi connectivity index (χ2n) is 3.22. The number of alkyl halides is 2. The highest BCUT2D eigenvalue weighted by Gasteiger charge is 2.36. The molecule has 18 heavy (non-hydrogen) atoms. The molecule has 106 valence electrons. The summed E-state index contributed by atoms with van der Waals surface area (Å²) in [6, 6.07) is 0. The number of aliphatic hydroxyl groups is 5. The first-order chi connectivity index (χ1) is 8.22. The first-order valence-electron chi connectivity index (χ1n) is 4.59. The average Bonchev–Trinajstić information content (AvgIpc) is 2.34.